The third-order valence-electron chi connectivity index (χ3n) is 5.87. The number of rotatable bonds is 12. The maximum absolute atomic E-state index is 13.4. The van der Waals surface area contributed by atoms with E-state index in [0.29, 0.717) is 44.0 Å². The van der Waals surface area contributed by atoms with Gasteiger partial charge in [-0.1, -0.05) is 54.6 Å². The Morgan fingerprint density at radius 2 is 1.66 bits per heavy atom. The number of carbonyl (C=O) groups excluding carboxylic acids is 1. The van der Waals surface area contributed by atoms with Gasteiger partial charge in [-0.2, -0.15) is 13.2 Å². The lowest BCUT2D eigenvalue weighted by Crippen LogP contribution is -2.28. The molecule has 0 heterocycles. The molecule has 0 aromatic heterocycles. The lowest BCUT2D eigenvalue weighted by molar-refractivity contribution is -0.138. The molecule has 2 N–H and O–H groups in total. The molecule has 7 heteroatoms. The van der Waals surface area contributed by atoms with Crippen molar-refractivity contribution < 1.29 is 22.7 Å². The van der Waals surface area contributed by atoms with E-state index < -0.39 is 17.6 Å². The van der Waals surface area contributed by atoms with E-state index in [1.807, 2.05) is 36.4 Å². The topological polar surface area (TPSA) is 55.6 Å². The molecule has 3 rings (SSSR count). The number of nitrogens with two attached hydrogens (primary N) is 1. The molecule has 0 spiro atoms. The van der Waals surface area contributed by atoms with Gasteiger partial charge in [-0.3, -0.25) is 9.69 Å². The molecule has 0 aliphatic rings. The highest BCUT2D eigenvalue weighted by Gasteiger charge is 2.32. The van der Waals surface area contributed by atoms with Crippen molar-refractivity contribution in [3.05, 3.63) is 101 Å². The van der Waals surface area contributed by atoms with E-state index in [4.69, 9.17) is 10.5 Å². The molecule has 0 fully saturated rings. The number of alkyl halides is 3. The van der Waals surface area contributed by atoms with Gasteiger partial charge >= 0.3 is 6.18 Å². The van der Waals surface area contributed by atoms with Crippen LogP contribution >= 0.6 is 0 Å². The number of amides is 1. The van der Waals surface area contributed by atoms with Crippen LogP contribution in [-0.4, -0.2) is 30.5 Å². The molecule has 0 saturated heterocycles. The second-order valence-corrected chi connectivity index (χ2v) is 8.59. The molecule has 0 radical (unpaired) electrons. The monoisotopic (exact) mass is 484 g/mol. The predicted molar refractivity (Wildman–Crippen MR) is 131 cm³/mol. The highest BCUT2D eigenvalue weighted by Crippen LogP contribution is 2.33. The van der Waals surface area contributed by atoms with Gasteiger partial charge in [0.15, 0.2) is 0 Å². The van der Waals surface area contributed by atoms with E-state index in [1.165, 1.54) is 18.6 Å². The first-order valence-electron chi connectivity index (χ1n) is 11.6. The first kappa shape index (κ1) is 26.3. The summed E-state index contributed by atoms with van der Waals surface area (Å²) in [6, 6.07) is 21.7. The van der Waals surface area contributed by atoms with E-state index in [0.717, 1.165) is 18.1 Å². The summed E-state index contributed by atoms with van der Waals surface area (Å²) in [7, 11) is 0. The minimum absolute atomic E-state index is 0.154. The van der Waals surface area contributed by atoms with Crippen molar-refractivity contribution in [3.63, 3.8) is 0 Å². The Hall–Kier alpha value is -3.32. The van der Waals surface area contributed by atoms with Crippen LogP contribution in [0, 0.1) is 6.92 Å². The fourth-order valence-electron chi connectivity index (χ4n) is 4.03. The first-order valence-corrected chi connectivity index (χ1v) is 11.6. The lowest BCUT2D eigenvalue weighted by Gasteiger charge is -2.24. The zero-order valence-corrected chi connectivity index (χ0v) is 19.9. The Morgan fingerprint density at radius 3 is 2.37 bits per heavy atom. The minimum Gasteiger partial charge on any atom is -0.494 e. The summed E-state index contributed by atoms with van der Waals surface area (Å²) in [4.78, 5) is 13.3. The summed E-state index contributed by atoms with van der Waals surface area (Å²) < 4.78 is 46.0. The average Bonchev–Trinajstić information content (AvgIpc) is 2.81. The van der Waals surface area contributed by atoms with Crippen LogP contribution in [0.4, 0.5) is 13.2 Å². The molecule has 35 heavy (non-hydrogen) atoms. The van der Waals surface area contributed by atoms with E-state index in [-0.39, 0.29) is 12.0 Å². The van der Waals surface area contributed by atoms with E-state index in [2.05, 4.69) is 17.0 Å². The molecule has 0 bridgehead atoms. The first-order chi connectivity index (χ1) is 16.7. The van der Waals surface area contributed by atoms with Crippen LogP contribution in [0.15, 0.2) is 72.8 Å². The zero-order chi connectivity index (χ0) is 25.3. The number of primary amides is 1. The van der Waals surface area contributed by atoms with Gasteiger partial charge in [-0.25, -0.2) is 0 Å². The summed E-state index contributed by atoms with van der Waals surface area (Å²) in [6.45, 7) is 3.80. The SMILES string of the molecule is Cc1c(CN(CCCOc2cccc(CC(N)=O)c2)CCc2ccccc2)cccc1C(F)(F)F. The number of carbonyl (C=O) groups is 1. The molecule has 0 aliphatic heterocycles. The molecule has 0 saturated carbocycles. The summed E-state index contributed by atoms with van der Waals surface area (Å²) in [6.07, 6.45) is -2.71. The van der Waals surface area contributed by atoms with Crippen molar-refractivity contribution in [2.45, 2.75) is 38.9 Å². The smallest absolute Gasteiger partial charge is 0.416 e. The van der Waals surface area contributed by atoms with Gasteiger partial charge in [0.05, 0.1) is 18.6 Å². The molecule has 0 atom stereocenters. The molecule has 0 aliphatic carbocycles. The van der Waals surface area contributed by atoms with Gasteiger partial charge in [0.1, 0.15) is 5.75 Å². The minimum atomic E-state index is -4.37. The van der Waals surface area contributed by atoms with Crippen molar-refractivity contribution in [1.29, 1.82) is 0 Å². The predicted octanol–water partition coefficient (Wildman–Crippen LogP) is 5.56. The Kier molecular flexibility index (Phi) is 9.32. The molecule has 1 amide bonds. The lowest BCUT2D eigenvalue weighted by atomic mass is 10.0. The van der Waals surface area contributed by atoms with Gasteiger partial charge in [0.25, 0.3) is 0 Å². The molecular formula is C28H31F3N2O2. The molecule has 186 valence electrons. The number of halogens is 3. The van der Waals surface area contributed by atoms with Crippen LogP contribution in [0.5, 0.6) is 5.75 Å². The number of hydrogen-bond donors (Lipinski definition) is 1. The normalized spacial score (nSPS) is 11.6. The van der Waals surface area contributed by atoms with Gasteiger partial charge in [0, 0.05) is 19.6 Å². The van der Waals surface area contributed by atoms with Crippen LogP contribution in [-0.2, 0) is 30.4 Å². The van der Waals surface area contributed by atoms with Gasteiger partial charge in [0.2, 0.25) is 5.91 Å². The highest BCUT2D eigenvalue weighted by molar-refractivity contribution is 5.76. The molecule has 3 aromatic carbocycles. The fraction of sp³-hybridized carbons (Fsp3) is 0.321. The highest BCUT2D eigenvalue weighted by atomic mass is 19.4. The number of nitrogens with zero attached hydrogens (tertiary/aromatic N) is 1. The van der Waals surface area contributed by atoms with Crippen molar-refractivity contribution in [2.24, 2.45) is 5.73 Å². The van der Waals surface area contributed by atoms with Gasteiger partial charge < -0.3 is 10.5 Å². The summed E-state index contributed by atoms with van der Waals surface area (Å²) in [5.74, 6) is 0.259. The standard InChI is InChI=1S/C28H31F3N2O2/c1-21-24(11-6-13-26(21)28(29,30)31)20-33(16-14-22-8-3-2-4-9-22)15-7-17-35-25-12-5-10-23(18-25)19-27(32)34/h2-6,8-13,18H,7,14-17,19-20H2,1H3,(H2,32,34). The van der Waals surface area contributed by atoms with Crippen molar-refractivity contribution >= 4 is 5.91 Å². The number of benzene rings is 3. The molecular weight excluding hydrogens is 453 g/mol. The van der Waals surface area contributed by atoms with Gasteiger partial charge in [-0.05, 0) is 60.2 Å². The largest absolute Gasteiger partial charge is 0.494 e. The van der Waals surface area contributed by atoms with Crippen LogP contribution < -0.4 is 10.5 Å². The Labute approximate surface area is 204 Å². The third-order valence-corrected chi connectivity index (χ3v) is 5.87. The average molecular weight is 485 g/mol. The Bertz CT molecular complexity index is 1100. The van der Waals surface area contributed by atoms with Crippen molar-refractivity contribution in [1.82, 2.24) is 4.90 Å². The summed E-state index contributed by atoms with van der Waals surface area (Å²) in [5.41, 5.74) is 7.59. The van der Waals surface area contributed by atoms with E-state index in [1.54, 1.807) is 12.1 Å². The quantitative estimate of drug-likeness (QED) is 0.343. The Balaban J connectivity index is 1.63. The number of hydrogen-bond acceptors (Lipinski definition) is 3. The van der Waals surface area contributed by atoms with Crippen LogP contribution in [0.2, 0.25) is 0 Å². The van der Waals surface area contributed by atoms with Crippen molar-refractivity contribution in [3.8, 4) is 5.75 Å². The summed E-state index contributed by atoms with van der Waals surface area (Å²) >= 11 is 0. The third kappa shape index (κ3) is 8.44. The van der Waals surface area contributed by atoms with Crippen molar-refractivity contribution in [2.75, 3.05) is 19.7 Å². The Morgan fingerprint density at radius 1 is 0.943 bits per heavy atom. The molecule has 0 unspecified atom stereocenters. The summed E-state index contributed by atoms with van der Waals surface area (Å²) in [5, 5.41) is 0. The second-order valence-electron chi connectivity index (χ2n) is 8.59. The van der Waals surface area contributed by atoms with Crippen LogP contribution in [0.3, 0.4) is 0 Å². The maximum Gasteiger partial charge on any atom is 0.416 e. The van der Waals surface area contributed by atoms with Crippen LogP contribution in [0.25, 0.3) is 0 Å². The van der Waals surface area contributed by atoms with E-state index >= 15 is 0 Å². The molecule has 4 nitrogen and oxygen atoms in total. The molecule has 3 aromatic rings. The zero-order valence-electron chi connectivity index (χ0n) is 19.9. The maximum atomic E-state index is 13.4. The van der Waals surface area contributed by atoms with Gasteiger partial charge in [-0.15, -0.1) is 0 Å². The second kappa shape index (κ2) is 12.4. The van der Waals surface area contributed by atoms with Crippen LogP contribution in [0.1, 0.15) is 34.2 Å². The number of ether oxygens (including phenoxy) is 1. The fourth-order valence-corrected chi connectivity index (χ4v) is 4.03. The van der Waals surface area contributed by atoms with E-state index in [9.17, 15) is 18.0 Å².